The van der Waals surface area contributed by atoms with E-state index in [2.05, 4.69) is 9.88 Å². The summed E-state index contributed by atoms with van der Waals surface area (Å²) >= 11 is 0. The summed E-state index contributed by atoms with van der Waals surface area (Å²) in [5, 5.41) is 9.50. The van der Waals surface area contributed by atoms with E-state index in [4.69, 9.17) is 4.74 Å². The number of ether oxygens (including phenoxy) is 1. The van der Waals surface area contributed by atoms with E-state index in [0.717, 1.165) is 56.5 Å². The summed E-state index contributed by atoms with van der Waals surface area (Å²) in [5.74, 6) is -0.252. The topological polar surface area (TPSA) is 62.7 Å². The Hall–Kier alpha value is -1.62. The van der Waals surface area contributed by atoms with Crippen molar-refractivity contribution in [2.24, 2.45) is 0 Å². The molecular weight excluding hydrogens is 268 g/mol. The van der Waals surface area contributed by atoms with Gasteiger partial charge in [-0.25, -0.2) is 9.78 Å². The molecule has 3 rings (SSSR count). The number of carbonyl (C=O) groups is 1. The van der Waals surface area contributed by atoms with Crippen LogP contribution >= 0.6 is 0 Å². The van der Waals surface area contributed by atoms with Gasteiger partial charge in [-0.2, -0.15) is 0 Å². The van der Waals surface area contributed by atoms with E-state index in [1.807, 2.05) is 13.0 Å². The number of hydrogen-bond donors (Lipinski definition) is 1. The fraction of sp³-hybridized carbons (Fsp3) is 0.625. The number of anilines is 1. The van der Waals surface area contributed by atoms with Gasteiger partial charge in [0.15, 0.2) is 0 Å². The summed E-state index contributed by atoms with van der Waals surface area (Å²) < 4.78 is 5.71. The molecule has 1 aliphatic carbocycles. The fourth-order valence-corrected chi connectivity index (χ4v) is 3.36. The molecule has 1 aromatic heterocycles. The molecule has 21 heavy (non-hydrogen) atoms. The van der Waals surface area contributed by atoms with Crippen LogP contribution in [0.1, 0.15) is 47.8 Å². The molecule has 114 valence electrons. The third-order valence-electron chi connectivity index (χ3n) is 4.34. The first kappa shape index (κ1) is 14.3. The van der Waals surface area contributed by atoms with Crippen molar-refractivity contribution >= 4 is 11.8 Å². The SMILES string of the molecule is CCOC1CCCN(c2nc3c(cc2C(=O)O)CCC3)C1. The number of hydrogen-bond acceptors (Lipinski definition) is 4. The molecule has 1 aliphatic heterocycles. The van der Waals surface area contributed by atoms with E-state index in [-0.39, 0.29) is 6.10 Å². The van der Waals surface area contributed by atoms with Gasteiger partial charge in [0.05, 0.1) is 6.10 Å². The number of pyridine rings is 1. The molecule has 2 heterocycles. The van der Waals surface area contributed by atoms with Crippen molar-refractivity contribution in [2.75, 3.05) is 24.6 Å². The van der Waals surface area contributed by atoms with Crippen molar-refractivity contribution < 1.29 is 14.6 Å². The highest BCUT2D eigenvalue weighted by Gasteiger charge is 2.27. The zero-order valence-electron chi connectivity index (χ0n) is 12.5. The van der Waals surface area contributed by atoms with Crippen LogP contribution in [0.3, 0.4) is 0 Å². The van der Waals surface area contributed by atoms with Gasteiger partial charge in [-0.05, 0) is 50.7 Å². The highest BCUT2D eigenvalue weighted by atomic mass is 16.5. The number of aromatic carboxylic acids is 1. The Morgan fingerprint density at radius 3 is 3.10 bits per heavy atom. The van der Waals surface area contributed by atoms with Crippen molar-refractivity contribution in [3.63, 3.8) is 0 Å². The largest absolute Gasteiger partial charge is 0.478 e. The second kappa shape index (κ2) is 6.02. The molecule has 1 saturated heterocycles. The summed E-state index contributed by atoms with van der Waals surface area (Å²) in [5.41, 5.74) is 2.52. The molecule has 5 nitrogen and oxygen atoms in total. The van der Waals surface area contributed by atoms with E-state index in [1.165, 1.54) is 0 Å². The molecule has 0 saturated carbocycles. The number of carboxylic acids is 1. The van der Waals surface area contributed by atoms with Gasteiger partial charge in [0.25, 0.3) is 0 Å². The van der Waals surface area contributed by atoms with Gasteiger partial charge in [0.1, 0.15) is 11.4 Å². The Balaban J connectivity index is 1.91. The number of rotatable bonds is 4. The van der Waals surface area contributed by atoms with Crippen molar-refractivity contribution in [1.29, 1.82) is 0 Å². The maximum Gasteiger partial charge on any atom is 0.339 e. The van der Waals surface area contributed by atoms with Gasteiger partial charge in [-0.1, -0.05) is 0 Å². The van der Waals surface area contributed by atoms with E-state index < -0.39 is 5.97 Å². The van der Waals surface area contributed by atoms with Crippen LogP contribution in [-0.2, 0) is 17.6 Å². The van der Waals surface area contributed by atoms with Crippen molar-refractivity contribution in [3.05, 3.63) is 22.9 Å². The van der Waals surface area contributed by atoms with Crippen LogP contribution < -0.4 is 4.90 Å². The van der Waals surface area contributed by atoms with Crippen LogP contribution in [0.4, 0.5) is 5.82 Å². The number of aromatic nitrogens is 1. The first-order valence-corrected chi connectivity index (χ1v) is 7.81. The highest BCUT2D eigenvalue weighted by Crippen LogP contribution is 2.29. The van der Waals surface area contributed by atoms with Crippen molar-refractivity contribution in [2.45, 2.75) is 45.1 Å². The van der Waals surface area contributed by atoms with Crippen LogP contribution in [0, 0.1) is 0 Å². The molecule has 0 amide bonds. The minimum Gasteiger partial charge on any atom is -0.478 e. The Morgan fingerprint density at radius 1 is 1.48 bits per heavy atom. The molecule has 2 aliphatic rings. The lowest BCUT2D eigenvalue weighted by atomic mass is 10.1. The minimum atomic E-state index is -0.884. The molecule has 1 fully saturated rings. The zero-order chi connectivity index (χ0) is 14.8. The zero-order valence-corrected chi connectivity index (χ0v) is 12.5. The Kier molecular flexibility index (Phi) is 4.10. The second-order valence-electron chi connectivity index (χ2n) is 5.79. The van der Waals surface area contributed by atoms with Crippen LogP contribution in [0.15, 0.2) is 6.07 Å². The predicted octanol–water partition coefficient (Wildman–Crippen LogP) is 2.27. The molecule has 0 spiro atoms. The van der Waals surface area contributed by atoms with Crippen LogP contribution in [0.25, 0.3) is 0 Å². The van der Waals surface area contributed by atoms with Gasteiger partial charge in [-0.15, -0.1) is 0 Å². The second-order valence-corrected chi connectivity index (χ2v) is 5.79. The van der Waals surface area contributed by atoms with Crippen LogP contribution in [0.5, 0.6) is 0 Å². The van der Waals surface area contributed by atoms with Gasteiger partial charge in [0, 0.05) is 25.4 Å². The number of piperidine rings is 1. The Labute approximate surface area is 124 Å². The summed E-state index contributed by atoms with van der Waals surface area (Å²) in [6, 6.07) is 1.83. The van der Waals surface area contributed by atoms with Gasteiger partial charge >= 0.3 is 5.97 Å². The lowest BCUT2D eigenvalue weighted by Crippen LogP contribution is -2.41. The molecule has 1 aromatic rings. The minimum absolute atomic E-state index is 0.181. The molecule has 1 N–H and O–H groups in total. The Morgan fingerprint density at radius 2 is 2.33 bits per heavy atom. The lowest BCUT2D eigenvalue weighted by molar-refractivity contribution is 0.0522. The maximum atomic E-state index is 11.6. The number of carboxylic acid groups (broad SMARTS) is 1. The average Bonchev–Trinajstić information content (AvgIpc) is 2.94. The molecular formula is C16H22N2O3. The number of nitrogens with zero attached hydrogens (tertiary/aromatic N) is 2. The van der Waals surface area contributed by atoms with Crippen molar-refractivity contribution in [1.82, 2.24) is 4.98 Å². The normalized spacial score (nSPS) is 21.4. The first-order valence-electron chi connectivity index (χ1n) is 7.81. The van der Waals surface area contributed by atoms with Gasteiger partial charge < -0.3 is 14.7 Å². The fourth-order valence-electron chi connectivity index (χ4n) is 3.36. The van der Waals surface area contributed by atoms with Gasteiger partial charge in [-0.3, -0.25) is 0 Å². The van der Waals surface area contributed by atoms with E-state index >= 15 is 0 Å². The first-order chi connectivity index (χ1) is 10.2. The van der Waals surface area contributed by atoms with Gasteiger partial charge in [0.2, 0.25) is 0 Å². The smallest absolute Gasteiger partial charge is 0.339 e. The molecule has 0 aromatic carbocycles. The molecule has 5 heteroatoms. The molecule has 1 atom stereocenters. The molecule has 0 bridgehead atoms. The average molecular weight is 290 g/mol. The summed E-state index contributed by atoms with van der Waals surface area (Å²) in [4.78, 5) is 18.3. The monoisotopic (exact) mass is 290 g/mol. The quantitative estimate of drug-likeness (QED) is 0.921. The summed E-state index contributed by atoms with van der Waals surface area (Å²) in [6.45, 7) is 4.28. The standard InChI is InChI=1S/C16H22N2O3/c1-2-21-12-6-4-8-18(10-12)15-13(16(19)20)9-11-5-3-7-14(11)17-15/h9,12H,2-8,10H2,1H3,(H,19,20). The third-order valence-corrected chi connectivity index (χ3v) is 4.34. The lowest BCUT2D eigenvalue weighted by Gasteiger charge is -2.34. The maximum absolute atomic E-state index is 11.6. The number of aryl methyl sites for hydroxylation is 2. The summed E-state index contributed by atoms with van der Waals surface area (Å²) in [7, 11) is 0. The van der Waals surface area contributed by atoms with Crippen LogP contribution in [0.2, 0.25) is 0 Å². The summed E-state index contributed by atoms with van der Waals surface area (Å²) in [6.07, 6.45) is 5.22. The number of fused-ring (bicyclic) bond motifs is 1. The highest BCUT2D eigenvalue weighted by molar-refractivity contribution is 5.93. The van der Waals surface area contributed by atoms with Crippen LogP contribution in [-0.4, -0.2) is 41.9 Å². The predicted molar refractivity (Wildman–Crippen MR) is 80.1 cm³/mol. The van der Waals surface area contributed by atoms with E-state index in [9.17, 15) is 9.90 Å². The molecule has 0 radical (unpaired) electrons. The van der Waals surface area contributed by atoms with E-state index in [1.54, 1.807) is 0 Å². The van der Waals surface area contributed by atoms with Crippen molar-refractivity contribution in [3.8, 4) is 0 Å². The Bertz CT molecular complexity index is 543. The third kappa shape index (κ3) is 2.88. The van der Waals surface area contributed by atoms with E-state index in [0.29, 0.717) is 18.0 Å². The molecule has 1 unspecified atom stereocenters.